The summed E-state index contributed by atoms with van der Waals surface area (Å²) >= 11 is 1.83. The molecule has 0 saturated heterocycles. The van der Waals surface area contributed by atoms with E-state index in [1.165, 1.54) is 11.1 Å². The van der Waals surface area contributed by atoms with E-state index in [0.29, 0.717) is 18.9 Å². The van der Waals surface area contributed by atoms with Gasteiger partial charge in [0.2, 0.25) is 0 Å². The van der Waals surface area contributed by atoms with Crippen LogP contribution in [0.15, 0.2) is 36.1 Å². The van der Waals surface area contributed by atoms with Gasteiger partial charge >= 0.3 is 0 Å². The van der Waals surface area contributed by atoms with Gasteiger partial charge in [0.05, 0.1) is 6.61 Å². The molecule has 1 aromatic rings. The molecule has 1 aliphatic rings. The van der Waals surface area contributed by atoms with Gasteiger partial charge in [-0.3, -0.25) is 4.79 Å². The lowest BCUT2D eigenvalue weighted by atomic mass is 10.2. The highest BCUT2D eigenvalue weighted by molar-refractivity contribution is 7.98. The van der Waals surface area contributed by atoms with E-state index in [2.05, 4.69) is 36.5 Å². The molecule has 0 unspecified atom stereocenters. The zero-order chi connectivity index (χ0) is 14.2. The van der Waals surface area contributed by atoms with E-state index in [-0.39, 0.29) is 5.91 Å². The SMILES string of the molecule is Cc1ccc(CSCCNC(=O)C2=CCCCO2)cc1. The number of hydrogen-bond acceptors (Lipinski definition) is 3. The monoisotopic (exact) mass is 291 g/mol. The van der Waals surface area contributed by atoms with Crippen molar-refractivity contribution in [1.82, 2.24) is 5.32 Å². The van der Waals surface area contributed by atoms with Crippen LogP contribution in [0.2, 0.25) is 0 Å². The summed E-state index contributed by atoms with van der Waals surface area (Å²) in [6, 6.07) is 8.57. The van der Waals surface area contributed by atoms with Crippen LogP contribution in [0.25, 0.3) is 0 Å². The molecule has 0 atom stereocenters. The Morgan fingerprint density at radius 2 is 2.15 bits per heavy atom. The largest absolute Gasteiger partial charge is 0.488 e. The highest BCUT2D eigenvalue weighted by Gasteiger charge is 2.12. The lowest BCUT2D eigenvalue weighted by Crippen LogP contribution is -2.29. The standard InChI is InChI=1S/C16H21NO2S/c1-13-5-7-14(8-6-13)12-20-11-9-17-16(18)15-4-2-3-10-19-15/h4-8H,2-3,9-12H2,1H3,(H,17,18). The van der Waals surface area contributed by atoms with Crippen LogP contribution in [0.4, 0.5) is 0 Å². The van der Waals surface area contributed by atoms with Crippen molar-refractivity contribution >= 4 is 17.7 Å². The van der Waals surface area contributed by atoms with Crippen molar-refractivity contribution in [1.29, 1.82) is 0 Å². The fourth-order valence-electron chi connectivity index (χ4n) is 1.91. The molecule has 1 heterocycles. The molecule has 1 aliphatic heterocycles. The van der Waals surface area contributed by atoms with Gasteiger partial charge < -0.3 is 10.1 Å². The number of hydrogen-bond donors (Lipinski definition) is 1. The Labute approximate surface area is 124 Å². The minimum atomic E-state index is -0.0827. The average Bonchev–Trinajstić information content (AvgIpc) is 2.49. The molecule has 0 radical (unpaired) electrons. The second-order valence-electron chi connectivity index (χ2n) is 4.85. The van der Waals surface area contributed by atoms with E-state index < -0.39 is 0 Å². The second kappa shape index (κ2) is 8.00. The summed E-state index contributed by atoms with van der Waals surface area (Å²) in [5.41, 5.74) is 2.61. The first kappa shape index (κ1) is 15.0. The van der Waals surface area contributed by atoms with Crippen LogP contribution in [0.5, 0.6) is 0 Å². The van der Waals surface area contributed by atoms with Gasteiger partial charge in [-0.1, -0.05) is 29.8 Å². The van der Waals surface area contributed by atoms with E-state index in [1.807, 2.05) is 17.8 Å². The van der Waals surface area contributed by atoms with Crippen molar-refractivity contribution < 1.29 is 9.53 Å². The van der Waals surface area contributed by atoms with Crippen molar-refractivity contribution in [2.24, 2.45) is 0 Å². The Balaban J connectivity index is 1.60. The van der Waals surface area contributed by atoms with Crippen LogP contribution < -0.4 is 5.32 Å². The smallest absolute Gasteiger partial charge is 0.286 e. The molecular weight excluding hydrogens is 270 g/mol. The minimum absolute atomic E-state index is 0.0827. The van der Waals surface area contributed by atoms with Crippen LogP contribution >= 0.6 is 11.8 Å². The van der Waals surface area contributed by atoms with E-state index in [9.17, 15) is 4.79 Å². The van der Waals surface area contributed by atoms with E-state index >= 15 is 0 Å². The zero-order valence-corrected chi connectivity index (χ0v) is 12.7. The summed E-state index contributed by atoms with van der Waals surface area (Å²) in [4.78, 5) is 11.8. The number of carbonyl (C=O) groups is 1. The van der Waals surface area contributed by atoms with E-state index in [4.69, 9.17) is 4.74 Å². The number of ether oxygens (including phenoxy) is 1. The Morgan fingerprint density at radius 1 is 1.35 bits per heavy atom. The Hall–Kier alpha value is -1.42. The van der Waals surface area contributed by atoms with Crippen LogP contribution in [-0.2, 0) is 15.3 Å². The number of carbonyl (C=O) groups excluding carboxylic acids is 1. The van der Waals surface area contributed by atoms with Crippen molar-refractivity contribution in [3.05, 3.63) is 47.2 Å². The number of rotatable bonds is 6. The maximum Gasteiger partial charge on any atom is 0.286 e. The summed E-state index contributed by atoms with van der Waals surface area (Å²) in [6.07, 6.45) is 3.81. The van der Waals surface area contributed by atoms with Crippen LogP contribution in [-0.4, -0.2) is 24.8 Å². The Morgan fingerprint density at radius 3 is 2.85 bits per heavy atom. The Kier molecular flexibility index (Phi) is 5.99. The third kappa shape index (κ3) is 4.93. The predicted octanol–water partition coefficient (Wildman–Crippen LogP) is 3.04. The average molecular weight is 291 g/mol. The van der Waals surface area contributed by atoms with Gasteiger partial charge in [0.15, 0.2) is 5.76 Å². The second-order valence-corrected chi connectivity index (χ2v) is 5.96. The summed E-state index contributed by atoms with van der Waals surface area (Å²) in [6.45, 7) is 3.42. The topological polar surface area (TPSA) is 38.3 Å². The molecule has 0 bridgehead atoms. The first-order valence-electron chi connectivity index (χ1n) is 7.00. The number of thioether (sulfide) groups is 1. The van der Waals surface area contributed by atoms with E-state index in [1.54, 1.807) is 0 Å². The maximum atomic E-state index is 11.8. The molecule has 108 valence electrons. The van der Waals surface area contributed by atoms with Crippen molar-refractivity contribution in [2.45, 2.75) is 25.5 Å². The maximum absolute atomic E-state index is 11.8. The molecule has 1 N–H and O–H groups in total. The number of amides is 1. The molecule has 1 aromatic carbocycles. The molecule has 4 heteroatoms. The normalized spacial score (nSPS) is 14.3. The lowest BCUT2D eigenvalue weighted by molar-refractivity contribution is -0.121. The summed E-state index contributed by atoms with van der Waals surface area (Å²) in [5, 5.41) is 2.89. The molecule has 0 aromatic heterocycles. The molecular formula is C16H21NO2S. The predicted molar refractivity (Wildman–Crippen MR) is 83.6 cm³/mol. The van der Waals surface area contributed by atoms with Gasteiger partial charge in [0.1, 0.15) is 0 Å². The number of nitrogens with one attached hydrogen (secondary N) is 1. The van der Waals surface area contributed by atoms with Gasteiger partial charge in [-0.25, -0.2) is 0 Å². The Bertz CT molecular complexity index is 468. The van der Waals surface area contributed by atoms with Crippen molar-refractivity contribution in [3.8, 4) is 0 Å². The molecule has 2 rings (SSSR count). The van der Waals surface area contributed by atoms with Crippen molar-refractivity contribution in [2.75, 3.05) is 18.9 Å². The molecule has 3 nitrogen and oxygen atoms in total. The molecule has 20 heavy (non-hydrogen) atoms. The van der Waals surface area contributed by atoms with Gasteiger partial charge in [0, 0.05) is 18.1 Å². The van der Waals surface area contributed by atoms with Crippen molar-refractivity contribution in [3.63, 3.8) is 0 Å². The van der Waals surface area contributed by atoms with E-state index in [0.717, 1.165) is 24.3 Å². The highest BCUT2D eigenvalue weighted by Crippen LogP contribution is 2.13. The van der Waals surface area contributed by atoms with Crippen LogP contribution in [0, 0.1) is 6.92 Å². The molecule has 1 amide bonds. The molecule has 0 aliphatic carbocycles. The first-order chi connectivity index (χ1) is 9.75. The third-order valence-electron chi connectivity index (χ3n) is 3.08. The number of aryl methyl sites for hydroxylation is 1. The van der Waals surface area contributed by atoms with Crippen LogP contribution in [0.3, 0.4) is 0 Å². The highest BCUT2D eigenvalue weighted by atomic mass is 32.2. The third-order valence-corrected chi connectivity index (χ3v) is 4.11. The van der Waals surface area contributed by atoms with Gasteiger partial charge in [0.25, 0.3) is 5.91 Å². The number of benzene rings is 1. The summed E-state index contributed by atoms with van der Waals surface area (Å²) in [7, 11) is 0. The van der Waals surface area contributed by atoms with Gasteiger partial charge in [-0.2, -0.15) is 11.8 Å². The quantitative estimate of drug-likeness (QED) is 0.819. The lowest BCUT2D eigenvalue weighted by Gasteiger charge is -2.14. The minimum Gasteiger partial charge on any atom is -0.488 e. The summed E-state index contributed by atoms with van der Waals surface area (Å²) in [5.74, 6) is 2.29. The van der Waals surface area contributed by atoms with Gasteiger partial charge in [-0.15, -0.1) is 0 Å². The van der Waals surface area contributed by atoms with Crippen LogP contribution in [0.1, 0.15) is 24.0 Å². The fourth-order valence-corrected chi connectivity index (χ4v) is 2.73. The zero-order valence-electron chi connectivity index (χ0n) is 11.9. The molecule has 0 saturated carbocycles. The van der Waals surface area contributed by atoms with Gasteiger partial charge in [-0.05, 0) is 31.4 Å². The molecule has 0 fully saturated rings. The first-order valence-corrected chi connectivity index (χ1v) is 8.15. The number of allylic oxidation sites excluding steroid dienone is 1. The molecule has 0 spiro atoms. The summed E-state index contributed by atoms with van der Waals surface area (Å²) < 4.78 is 5.32. The fraction of sp³-hybridized carbons (Fsp3) is 0.438.